The summed E-state index contributed by atoms with van der Waals surface area (Å²) in [6, 6.07) is -0.604. The van der Waals surface area contributed by atoms with Crippen LogP contribution in [0.4, 0.5) is 0 Å². The van der Waals surface area contributed by atoms with Gasteiger partial charge in [-0.15, -0.1) is 5.10 Å². The Morgan fingerprint density at radius 3 is 2.55 bits per heavy atom. The first-order valence-electron chi connectivity index (χ1n) is 6.35. The second-order valence-corrected chi connectivity index (χ2v) is 6.24. The van der Waals surface area contributed by atoms with Gasteiger partial charge in [-0.2, -0.15) is 0 Å². The van der Waals surface area contributed by atoms with Crippen LogP contribution in [0.25, 0.3) is 0 Å². The van der Waals surface area contributed by atoms with Gasteiger partial charge in [-0.3, -0.25) is 14.6 Å². The lowest BCUT2D eigenvalue weighted by molar-refractivity contribution is -0.149. The number of nitrogens with two attached hydrogens (primary N) is 1. The summed E-state index contributed by atoms with van der Waals surface area (Å²) in [5, 5.41) is 7.17. The van der Waals surface area contributed by atoms with E-state index in [1.165, 1.54) is 16.8 Å². The molecule has 114 valence electrons. The van der Waals surface area contributed by atoms with Crippen molar-refractivity contribution in [2.45, 2.75) is 33.7 Å². The third-order valence-electron chi connectivity index (χ3n) is 2.79. The first-order valence-corrected chi connectivity index (χ1v) is 7.58. The summed E-state index contributed by atoms with van der Waals surface area (Å²) < 4.78 is 4.92. The van der Waals surface area contributed by atoms with Crippen molar-refractivity contribution in [1.29, 1.82) is 0 Å². The normalized spacial score (nSPS) is 20.0. The fraction of sp³-hybridized carbons (Fsp3) is 0.750. The number of carbonyl (C=O) groups excluding carboxylic acids is 2. The number of rotatable bonds is 3. The molecule has 1 unspecified atom stereocenters. The molecule has 1 aliphatic heterocycles. The summed E-state index contributed by atoms with van der Waals surface area (Å²) in [5.74, 6) is 5.07. The molecule has 7 nitrogen and oxygen atoms in total. The fourth-order valence-electron chi connectivity index (χ4n) is 1.99. The Morgan fingerprint density at radius 2 is 2.10 bits per heavy atom. The summed E-state index contributed by atoms with van der Waals surface area (Å²) in [5.41, 5.74) is -0.408. The second kappa shape index (κ2) is 6.45. The minimum absolute atomic E-state index is 0.0700. The Hall–Kier alpha value is -1.28. The number of amides is 1. The number of hydrazone groups is 1. The number of nitrogens with zero attached hydrogens (tertiary/aromatic N) is 3. The highest BCUT2D eigenvalue weighted by Crippen LogP contribution is 2.29. The van der Waals surface area contributed by atoms with E-state index in [-0.39, 0.29) is 12.5 Å². The van der Waals surface area contributed by atoms with Crippen LogP contribution in [0.15, 0.2) is 5.10 Å². The first-order chi connectivity index (χ1) is 9.22. The van der Waals surface area contributed by atoms with Gasteiger partial charge in [0, 0.05) is 0 Å². The van der Waals surface area contributed by atoms with Crippen molar-refractivity contribution in [2.24, 2.45) is 16.4 Å². The van der Waals surface area contributed by atoms with Crippen LogP contribution in [0.2, 0.25) is 0 Å². The Morgan fingerprint density at radius 1 is 1.50 bits per heavy atom. The molecule has 1 amide bonds. The standard InChI is InChI=1S/C12H22N4O3S/c1-6-19-8(17)7-15-9(12(2,3)4)10(18)16(13)11(14-15)20-5/h9H,6-7,13H2,1-5H3. The van der Waals surface area contributed by atoms with Crippen molar-refractivity contribution < 1.29 is 14.3 Å². The molecule has 0 saturated heterocycles. The SMILES string of the molecule is CCOC(=O)CN1N=C(SC)N(N)C(=O)C1C(C)(C)C. The third-order valence-corrected chi connectivity index (χ3v) is 3.43. The number of amidine groups is 1. The zero-order valence-corrected chi connectivity index (χ0v) is 13.4. The number of hydrogen-bond donors (Lipinski definition) is 1. The van der Waals surface area contributed by atoms with Gasteiger partial charge in [-0.1, -0.05) is 32.5 Å². The molecular weight excluding hydrogens is 280 g/mol. The van der Waals surface area contributed by atoms with E-state index in [2.05, 4.69) is 5.10 Å². The van der Waals surface area contributed by atoms with Gasteiger partial charge >= 0.3 is 5.97 Å². The highest BCUT2D eigenvalue weighted by Gasteiger charge is 2.43. The van der Waals surface area contributed by atoms with Crippen LogP contribution < -0.4 is 5.84 Å². The van der Waals surface area contributed by atoms with Crippen molar-refractivity contribution in [3.63, 3.8) is 0 Å². The summed E-state index contributed by atoms with van der Waals surface area (Å²) in [4.78, 5) is 24.1. The van der Waals surface area contributed by atoms with Gasteiger partial charge in [0.2, 0.25) is 5.17 Å². The van der Waals surface area contributed by atoms with Gasteiger partial charge in [0.1, 0.15) is 12.6 Å². The fourth-order valence-corrected chi connectivity index (χ4v) is 2.46. The number of hydrogen-bond acceptors (Lipinski definition) is 7. The highest BCUT2D eigenvalue weighted by atomic mass is 32.2. The highest BCUT2D eigenvalue weighted by molar-refractivity contribution is 8.13. The molecule has 0 bridgehead atoms. The number of thioether (sulfide) groups is 1. The molecule has 0 aromatic carbocycles. The number of ether oxygens (including phenoxy) is 1. The molecule has 0 spiro atoms. The van der Waals surface area contributed by atoms with E-state index in [0.717, 1.165) is 5.01 Å². The van der Waals surface area contributed by atoms with Gasteiger partial charge < -0.3 is 4.74 Å². The predicted molar refractivity (Wildman–Crippen MR) is 78.6 cm³/mol. The van der Waals surface area contributed by atoms with Gasteiger partial charge in [-0.05, 0) is 18.6 Å². The van der Waals surface area contributed by atoms with Crippen LogP contribution >= 0.6 is 11.8 Å². The molecule has 0 radical (unpaired) electrons. The number of hydrazine groups is 1. The van der Waals surface area contributed by atoms with Crippen molar-refractivity contribution in [2.75, 3.05) is 19.4 Å². The van der Waals surface area contributed by atoms with Crippen LogP contribution in [0, 0.1) is 5.41 Å². The van der Waals surface area contributed by atoms with Crippen molar-refractivity contribution in [1.82, 2.24) is 10.0 Å². The van der Waals surface area contributed by atoms with Gasteiger partial charge in [0.05, 0.1) is 6.61 Å². The Kier molecular flexibility index (Phi) is 5.41. The van der Waals surface area contributed by atoms with E-state index >= 15 is 0 Å². The zero-order valence-electron chi connectivity index (χ0n) is 12.5. The van der Waals surface area contributed by atoms with Crippen LogP contribution in [0.1, 0.15) is 27.7 Å². The molecule has 2 N–H and O–H groups in total. The van der Waals surface area contributed by atoms with E-state index in [1.807, 2.05) is 20.8 Å². The maximum absolute atomic E-state index is 12.4. The predicted octanol–water partition coefficient (Wildman–Crippen LogP) is 0.616. The van der Waals surface area contributed by atoms with Crippen molar-refractivity contribution in [3.05, 3.63) is 0 Å². The van der Waals surface area contributed by atoms with Crippen LogP contribution in [0.5, 0.6) is 0 Å². The van der Waals surface area contributed by atoms with Gasteiger partial charge in [-0.25, -0.2) is 10.9 Å². The smallest absolute Gasteiger partial charge is 0.327 e. The summed E-state index contributed by atoms with van der Waals surface area (Å²) >= 11 is 1.25. The lowest BCUT2D eigenvalue weighted by atomic mass is 9.85. The first kappa shape index (κ1) is 16.8. The number of carbonyl (C=O) groups is 2. The lowest BCUT2D eigenvalue weighted by Gasteiger charge is -2.41. The lowest BCUT2D eigenvalue weighted by Crippen LogP contribution is -2.61. The summed E-state index contributed by atoms with van der Waals surface area (Å²) in [7, 11) is 0. The molecule has 0 saturated carbocycles. The Balaban J connectivity index is 3.08. The van der Waals surface area contributed by atoms with E-state index < -0.39 is 17.4 Å². The molecule has 0 aliphatic carbocycles. The third kappa shape index (κ3) is 3.63. The van der Waals surface area contributed by atoms with Gasteiger partial charge in [0.15, 0.2) is 0 Å². The molecule has 1 heterocycles. The molecule has 1 rings (SSSR count). The molecule has 0 aromatic heterocycles. The summed E-state index contributed by atoms with van der Waals surface area (Å²) in [6.07, 6.45) is 1.77. The van der Waals surface area contributed by atoms with E-state index in [1.54, 1.807) is 13.2 Å². The average Bonchev–Trinajstić information content (AvgIpc) is 2.32. The number of esters is 1. The van der Waals surface area contributed by atoms with E-state index in [4.69, 9.17) is 10.6 Å². The summed E-state index contributed by atoms with van der Waals surface area (Å²) in [6.45, 7) is 7.67. The molecule has 20 heavy (non-hydrogen) atoms. The maximum atomic E-state index is 12.4. The largest absolute Gasteiger partial charge is 0.465 e. The molecule has 0 fully saturated rings. The van der Waals surface area contributed by atoms with Crippen LogP contribution in [-0.4, -0.2) is 52.5 Å². The Bertz CT molecular complexity index is 419. The molecule has 1 aliphatic rings. The average molecular weight is 302 g/mol. The quantitative estimate of drug-likeness (QED) is 0.467. The minimum Gasteiger partial charge on any atom is -0.465 e. The van der Waals surface area contributed by atoms with Crippen LogP contribution in [0.3, 0.4) is 0 Å². The van der Waals surface area contributed by atoms with Crippen molar-refractivity contribution in [3.8, 4) is 0 Å². The molecular formula is C12H22N4O3S. The van der Waals surface area contributed by atoms with Gasteiger partial charge in [0.25, 0.3) is 5.91 Å². The molecule has 8 heteroatoms. The van der Waals surface area contributed by atoms with Crippen LogP contribution in [-0.2, 0) is 14.3 Å². The second-order valence-electron chi connectivity index (χ2n) is 5.47. The molecule has 0 aromatic rings. The Labute approximate surface area is 123 Å². The van der Waals surface area contributed by atoms with E-state index in [9.17, 15) is 9.59 Å². The maximum Gasteiger partial charge on any atom is 0.327 e. The minimum atomic E-state index is -0.604. The topological polar surface area (TPSA) is 88.2 Å². The molecule has 1 atom stereocenters. The monoisotopic (exact) mass is 302 g/mol. The zero-order chi connectivity index (χ0) is 15.5. The van der Waals surface area contributed by atoms with E-state index in [0.29, 0.717) is 11.8 Å². The van der Waals surface area contributed by atoms with Crippen molar-refractivity contribution >= 4 is 28.8 Å².